The Kier molecular flexibility index (Phi) is 2.16. The van der Waals surface area contributed by atoms with Crippen molar-refractivity contribution in [2.75, 3.05) is 19.6 Å². The van der Waals surface area contributed by atoms with Crippen LogP contribution in [0.1, 0.15) is 10.8 Å². The standard InChI is InChI=1S/C11H11FN2S/c12-9-3-1-8(2-4-9)10-7-14-6-5-13-11(14)15-10/h1-4,10H,5-7H2. The molecule has 15 heavy (non-hydrogen) atoms. The summed E-state index contributed by atoms with van der Waals surface area (Å²) >= 11 is 1.79. The topological polar surface area (TPSA) is 15.6 Å². The highest BCUT2D eigenvalue weighted by atomic mass is 32.2. The highest BCUT2D eigenvalue weighted by Crippen LogP contribution is 2.39. The molecule has 3 rings (SSSR count). The van der Waals surface area contributed by atoms with Gasteiger partial charge in [0.1, 0.15) is 5.82 Å². The van der Waals surface area contributed by atoms with E-state index in [0.29, 0.717) is 5.25 Å². The van der Waals surface area contributed by atoms with Crippen LogP contribution < -0.4 is 0 Å². The Bertz CT molecular complexity index is 402. The molecule has 2 aliphatic rings. The van der Waals surface area contributed by atoms with Crippen LogP contribution in [0.5, 0.6) is 0 Å². The van der Waals surface area contributed by atoms with Gasteiger partial charge in [0.05, 0.1) is 11.8 Å². The first-order chi connectivity index (χ1) is 7.33. The Morgan fingerprint density at radius 1 is 1.33 bits per heavy atom. The van der Waals surface area contributed by atoms with Gasteiger partial charge < -0.3 is 4.90 Å². The summed E-state index contributed by atoms with van der Waals surface area (Å²) in [5.74, 6) is -0.167. The summed E-state index contributed by atoms with van der Waals surface area (Å²) in [7, 11) is 0. The van der Waals surface area contributed by atoms with Crippen LogP contribution >= 0.6 is 11.8 Å². The highest BCUT2D eigenvalue weighted by molar-refractivity contribution is 8.14. The molecule has 2 heterocycles. The van der Waals surface area contributed by atoms with Crippen LogP contribution in [0.25, 0.3) is 0 Å². The molecule has 1 unspecified atom stereocenters. The van der Waals surface area contributed by atoms with Crippen LogP contribution in [0.3, 0.4) is 0 Å². The number of benzene rings is 1. The molecule has 1 atom stereocenters. The van der Waals surface area contributed by atoms with E-state index in [9.17, 15) is 4.39 Å². The lowest BCUT2D eigenvalue weighted by molar-refractivity contribution is 0.476. The molecule has 4 heteroatoms. The van der Waals surface area contributed by atoms with Gasteiger partial charge in [-0.15, -0.1) is 0 Å². The minimum absolute atomic E-state index is 0.167. The number of halogens is 1. The lowest BCUT2D eigenvalue weighted by Gasteiger charge is -2.11. The molecule has 0 N–H and O–H groups in total. The predicted molar refractivity (Wildman–Crippen MR) is 60.6 cm³/mol. The van der Waals surface area contributed by atoms with Gasteiger partial charge in [-0.3, -0.25) is 4.99 Å². The van der Waals surface area contributed by atoms with Crippen molar-refractivity contribution < 1.29 is 4.39 Å². The van der Waals surface area contributed by atoms with Crippen molar-refractivity contribution in [3.63, 3.8) is 0 Å². The Balaban J connectivity index is 1.82. The van der Waals surface area contributed by atoms with E-state index >= 15 is 0 Å². The summed E-state index contributed by atoms with van der Waals surface area (Å²) in [6.45, 7) is 2.98. The van der Waals surface area contributed by atoms with Gasteiger partial charge in [-0.25, -0.2) is 4.39 Å². The third-order valence-corrected chi connectivity index (χ3v) is 4.07. The Morgan fingerprint density at radius 3 is 2.87 bits per heavy atom. The molecule has 0 aromatic heterocycles. The van der Waals surface area contributed by atoms with E-state index in [1.807, 2.05) is 12.1 Å². The molecule has 0 amide bonds. The highest BCUT2D eigenvalue weighted by Gasteiger charge is 2.31. The fourth-order valence-electron chi connectivity index (χ4n) is 1.96. The molecule has 1 fully saturated rings. The van der Waals surface area contributed by atoms with Gasteiger partial charge in [-0.05, 0) is 17.7 Å². The molecule has 0 spiro atoms. The zero-order chi connectivity index (χ0) is 10.3. The molecule has 1 saturated heterocycles. The fraction of sp³-hybridized carbons (Fsp3) is 0.364. The summed E-state index contributed by atoms with van der Waals surface area (Å²) in [6.07, 6.45) is 0. The number of rotatable bonds is 1. The summed E-state index contributed by atoms with van der Waals surface area (Å²) in [6, 6.07) is 6.80. The first-order valence-corrected chi connectivity index (χ1v) is 5.92. The first-order valence-electron chi connectivity index (χ1n) is 5.04. The summed E-state index contributed by atoms with van der Waals surface area (Å²) in [5, 5.41) is 1.58. The molecule has 2 nitrogen and oxygen atoms in total. The van der Waals surface area contributed by atoms with E-state index in [1.165, 1.54) is 17.7 Å². The quantitative estimate of drug-likeness (QED) is 0.724. The molecular weight excluding hydrogens is 211 g/mol. The number of amidine groups is 1. The average Bonchev–Trinajstić information content (AvgIpc) is 2.78. The Morgan fingerprint density at radius 2 is 2.13 bits per heavy atom. The number of hydrogen-bond donors (Lipinski definition) is 0. The second-order valence-corrected chi connectivity index (χ2v) is 4.94. The zero-order valence-corrected chi connectivity index (χ0v) is 9.01. The zero-order valence-electron chi connectivity index (χ0n) is 8.19. The molecule has 0 saturated carbocycles. The van der Waals surface area contributed by atoms with E-state index in [0.717, 1.165) is 24.8 Å². The van der Waals surface area contributed by atoms with Crippen LogP contribution in [-0.4, -0.2) is 29.7 Å². The number of aliphatic imine (C=N–C) groups is 1. The van der Waals surface area contributed by atoms with Crippen molar-refractivity contribution in [3.05, 3.63) is 35.6 Å². The van der Waals surface area contributed by atoms with Crippen LogP contribution in [0, 0.1) is 5.82 Å². The van der Waals surface area contributed by atoms with Crippen molar-refractivity contribution in [2.24, 2.45) is 4.99 Å². The lowest BCUT2D eigenvalue weighted by Crippen LogP contribution is -2.21. The lowest BCUT2D eigenvalue weighted by atomic mass is 10.1. The maximum absolute atomic E-state index is 12.8. The van der Waals surface area contributed by atoms with Crippen molar-refractivity contribution in [1.29, 1.82) is 0 Å². The van der Waals surface area contributed by atoms with Gasteiger partial charge in [0.15, 0.2) is 5.17 Å². The van der Waals surface area contributed by atoms with E-state index in [-0.39, 0.29) is 5.82 Å². The summed E-state index contributed by atoms with van der Waals surface area (Å²) in [5.41, 5.74) is 1.19. The number of fused-ring (bicyclic) bond motifs is 1. The van der Waals surface area contributed by atoms with E-state index in [1.54, 1.807) is 11.8 Å². The Hall–Kier alpha value is -1.03. The number of nitrogens with zero attached hydrogens (tertiary/aromatic N) is 2. The number of thioether (sulfide) groups is 1. The van der Waals surface area contributed by atoms with Gasteiger partial charge in [-0.1, -0.05) is 23.9 Å². The second-order valence-electron chi connectivity index (χ2n) is 3.77. The Labute approximate surface area is 92.2 Å². The molecule has 1 aromatic rings. The van der Waals surface area contributed by atoms with E-state index in [4.69, 9.17) is 0 Å². The molecule has 0 bridgehead atoms. The summed E-state index contributed by atoms with van der Waals surface area (Å²) in [4.78, 5) is 6.73. The third-order valence-electron chi connectivity index (χ3n) is 2.76. The normalized spacial score (nSPS) is 24.2. The largest absolute Gasteiger partial charge is 0.348 e. The SMILES string of the molecule is Fc1ccc(C2CN3CCN=C3S2)cc1. The predicted octanol–water partition coefficient (Wildman–Crippen LogP) is 2.29. The minimum atomic E-state index is -0.167. The molecule has 1 aromatic carbocycles. The van der Waals surface area contributed by atoms with Crippen molar-refractivity contribution in [1.82, 2.24) is 4.90 Å². The van der Waals surface area contributed by atoms with E-state index < -0.39 is 0 Å². The van der Waals surface area contributed by atoms with Crippen LogP contribution in [-0.2, 0) is 0 Å². The molecular formula is C11H11FN2S. The van der Waals surface area contributed by atoms with Crippen molar-refractivity contribution >= 4 is 16.9 Å². The van der Waals surface area contributed by atoms with Gasteiger partial charge in [0.2, 0.25) is 0 Å². The van der Waals surface area contributed by atoms with Gasteiger partial charge in [0, 0.05) is 13.1 Å². The molecule has 78 valence electrons. The van der Waals surface area contributed by atoms with E-state index in [2.05, 4.69) is 9.89 Å². The van der Waals surface area contributed by atoms with Crippen LogP contribution in [0.15, 0.2) is 29.3 Å². The first kappa shape index (κ1) is 9.21. The minimum Gasteiger partial charge on any atom is -0.348 e. The molecule has 0 aliphatic carbocycles. The van der Waals surface area contributed by atoms with Crippen molar-refractivity contribution in [3.8, 4) is 0 Å². The summed E-state index contributed by atoms with van der Waals surface area (Å²) < 4.78 is 12.8. The smallest absolute Gasteiger partial charge is 0.160 e. The molecule has 0 radical (unpaired) electrons. The second kappa shape index (κ2) is 3.52. The maximum Gasteiger partial charge on any atom is 0.160 e. The monoisotopic (exact) mass is 222 g/mol. The van der Waals surface area contributed by atoms with Crippen LogP contribution in [0.4, 0.5) is 4.39 Å². The average molecular weight is 222 g/mol. The van der Waals surface area contributed by atoms with Gasteiger partial charge >= 0.3 is 0 Å². The maximum atomic E-state index is 12.8. The van der Waals surface area contributed by atoms with Gasteiger partial charge in [0.25, 0.3) is 0 Å². The van der Waals surface area contributed by atoms with Gasteiger partial charge in [-0.2, -0.15) is 0 Å². The van der Waals surface area contributed by atoms with Crippen LogP contribution in [0.2, 0.25) is 0 Å². The third kappa shape index (κ3) is 1.63. The fourth-order valence-corrected chi connectivity index (χ4v) is 3.24. The van der Waals surface area contributed by atoms with Crippen molar-refractivity contribution in [2.45, 2.75) is 5.25 Å². The number of hydrogen-bond acceptors (Lipinski definition) is 3. The molecule has 2 aliphatic heterocycles.